The molecule has 0 aliphatic carbocycles. The quantitative estimate of drug-likeness (QED) is 0.612. The van der Waals surface area contributed by atoms with E-state index in [0.717, 1.165) is 62.8 Å². The Labute approximate surface area is 114 Å². The van der Waals surface area contributed by atoms with E-state index in [1.54, 1.807) is 0 Å². The van der Waals surface area contributed by atoms with E-state index in [9.17, 15) is 0 Å². The smallest absolute Gasteiger partial charge is 0.161 e. The third kappa shape index (κ3) is 4.10. The number of benzene rings is 1. The largest absolute Gasteiger partial charge is 0.490 e. The summed E-state index contributed by atoms with van der Waals surface area (Å²) >= 11 is 4.19. The Kier molecular flexibility index (Phi) is 5.68. The fraction of sp³-hybridized carbons (Fsp3) is 0.571. The van der Waals surface area contributed by atoms with Crippen molar-refractivity contribution in [2.45, 2.75) is 19.3 Å². The van der Waals surface area contributed by atoms with Gasteiger partial charge in [0, 0.05) is 6.42 Å². The van der Waals surface area contributed by atoms with Crippen LogP contribution in [0.25, 0.3) is 0 Å². The maximum absolute atomic E-state index is 5.68. The van der Waals surface area contributed by atoms with E-state index in [2.05, 4.69) is 30.1 Å². The third-order valence-electron chi connectivity index (χ3n) is 2.91. The molecule has 0 bridgehead atoms. The minimum absolute atomic E-state index is 0.747. The van der Waals surface area contributed by atoms with Crippen LogP contribution in [0.3, 0.4) is 0 Å². The fourth-order valence-electron chi connectivity index (χ4n) is 1.92. The second kappa shape index (κ2) is 7.54. The van der Waals surface area contributed by atoms with Crippen molar-refractivity contribution >= 4 is 12.6 Å². The van der Waals surface area contributed by atoms with Crippen molar-refractivity contribution in [2.24, 2.45) is 0 Å². The lowest BCUT2D eigenvalue weighted by Crippen LogP contribution is -2.18. The molecule has 18 heavy (non-hydrogen) atoms. The lowest BCUT2D eigenvalue weighted by atomic mass is 10.1. The van der Waals surface area contributed by atoms with Gasteiger partial charge in [0.25, 0.3) is 0 Å². The highest BCUT2D eigenvalue weighted by atomic mass is 32.1. The molecule has 0 aromatic heterocycles. The van der Waals surface area contributed by atoms with E-state index in [1.807, 2.05) is 6.07 Å². The van der Waals surface area contributed by atoms with Crippen LogP contribution in [0.5, 0.6) is 11.5 Å². The predicted octanol–water partition coefficient (Wildman–Crippen LogP) is 2.30. The van der Waals surface area contributed by atoms with Crippen molar-refractivity contribution in [2.75, 3.05) is 32.1 Å². The monoisotopic (exact) mass is 267 g/mol. The van der Waals surface area contributed by atoms with Crippen LogP contribution in [0.4, 0.5) is 0 Å². The van der Waals surface area contributed by atoms with Crippen molar-refractivity contribution in [3.05, 3.63) is 23.8 Å². The van der Waals surface area contributed by atoms with Gasteiger partial charge in [-0.2, -0.15) is 12.6 Å². The summed E-state index contributed by atoms with van der Waals surface area (Å²) < 4.78 is 11.3. The molecule has 0 atom stereocenters. The van der Waals surface area contributed by atoms with Crippen molar-refractivity contribution in [3.63, 3.8) is 0 Å². The van der Waals surface area contributed by atoms with Gasteiger partial charge in [0.15, 0.2) is 11.5 Å². The average Bonchev–Trinajstić information content (AvgIpc) is 2.63. The van der Waals surface area contributed by atoms with Gasteiger partial charge in [-0.25, -0.2) is 0 Å². The minimum atomic E-state index is 0.747. The summed E-state index contributed by atoms with van der Waals surface area (Å²) in [6, 6.07) is 6.23. The zero-order valence-electron chi connectivity index (χ0n) is 10.7. The molecule has 0 fully saturated rings. The molecule has 1 aliphatic rings. The standard InChI is InChI=1S/C14H21NO2S/c18-10-1-6-15-7-5-12-3-4-13-14(11-12)17-9-2-8-16-13/h3-4,11,15,18H,1-2,5-10H2. The number of ether oxygens (including phenoxy) is 2. The first-order valence-electron chi connectivity index (χ1n) is 6.60. The van der Waals surface area contributed by atoms with Crippen molar-refractivity contribution in [1.82, 2.24) is 5.32 Å². The maximum Gasteiger partial charge on any atom is 0.161 e. The van der Waals surface area contributed by atoms with Crippen LogP contribution in [0.2, 0.25) is 0 Å². The van der Waals surface area contributed by atoms with Crippen LogP contribution in [0.1, 0.15) is 18.4 Å². The number of hydrogen-bond donors (Lipinski definition) is 2. The van der Waals surface area contributed by atoms with E-state index in [-0.39, 0.29) is 0 Å². The van der Waals surface area contributed by atoms with Gasteiger partial charge >= 0.3 is 0 Å². The summed E-state index contributed by atoms with van der Waals surface area (Å²) in [5.74, 6) is 2.71. The molecule has 1 aromatic rings. The zero-order valence-corrected chi connectivity index (χ0v) is 11.5. The molecule has 3 nitrogen and oxygen atoms in total. The Morgan fingerprint density at radius 2 is 1.94 bits per heavy atom. The molecule has 0 unspecified atom stereocenters. The number of nitrogens with one attached hydrogen (secondary N) is 1. The van der Waals surface area contributed by atoms with E-state index >= 15 is 0 Å². The van der Waals surface area contributed by atoms with Gasteiger partial charge in [0.2, 0.25) is 0 Å². The van der Waals surface area contributed by atoms with Crippen LogP contribution in [0, 0.1) is 0 Å². The van der Waals surface area contributed by atoms with Gasteiger partial charge in [0.05, 0.1) is 13.2 Å². The predicted molar refractivity (Wildman–Crippen MR) is 77.1 cm³/mol. The van der Waals surface area contributed by atoms with Gasteiger partial charge in [0.1, 0.15) is 0 Å². The van der Waals surface area contributed by atoms with Crippen LogP contribution in [0.15, 0.2) is 18.2 Å². The highest BCUT2D eigenvalue weighted by molar-refractivity contribution is 7.80. The molecule has 1 N–H and O–H groups in total. The Balaban J connectivity index is 1.84. The van der Waals surface area contributed by atoms with E-state index in [4.69, 9.17) is 9.47 Å². The van der Waals surface area contributed by atoms with Crippen molar-refractivity contribution in [3.8, 4) is 11.5 Å². The van der Waals surface area contributed by atoms with Gasteiger partial charge in [-0.05, 0) is 49.4 Å². The molecule has 0 spiro atoms. The van der Waals surface area contributed by atoms with Crippen LogP contribution < -0.4 is 14.8 Å². The van der Waals surface area contributed by atoms with E-state index in [1.165, 1.54) is 5.56 Å². The number of fused-ring (bicyclic) bond motifs is 1. The Morgan fingerprint density at radius 3 is 2.78 bits per heavy atom. The minimum Gasteiger partial charge on any atom is -0.490 e. The molecule has 2 rings (SSSR count). The second-order valence-electron chi connectivity index (χ2n) is 4.41. The van der Waals surface area contributed by atoms with Gasteiger partial charge in [-0.3, -0.25) is 0 Å². The first kappa shape index (κ1) is 13.6. The number of rotatable bonds is 6. The Morgan fingerprint density at radius 1 is 1.11 bits per heavy atom. The zero-order chi connectivity index (χ0) is 12.6. The molecule has 1 heterocycles. The first-order valence-corrected chi connectivity index (χ1v) is 7.23. The van der Waals surface area contributed by atoms with Crippen molar-refractivity contribution < 1.29 is 9.47 Å². The molecule has 1 aliphatic heterocycles. The molecular formula is C14H21NO2S. The second-order valence-corrected chi connectivity index (χ2v) is 4.86. The van der Waals surface area contributed by atoms with Crippen LogP contribution in [-0.2, 0) is 6.42 Å². The lowest BCUT2D eigenvalue weighted by Gasteiger charge is -2.09. The summed E-state index contributed by atoms with van der Waals surface area (Å²) in [6.07, 6.45) is 3.09. The summed E-state index contributed by atoms with van der Waals surface area (Å²) in [7, 11) is 0. The highest BCUT2D eigenvalue weighted by Gasteiger charge is 2.10. The fourth-order valence-corrected chi connectivity index (χ4v) is 2.08. The maximum atomic E-state index is 5.68. The summed E-state index contributed by atoms with van der Waals surface area (Å²) in [4.78, 5) is 0. The molecule has 0 saturated heterocycles. The highest BCUT2D eigenvalue weighted by Crippen LogP contribution is 2.30. The average molecular weight is 267 g/mol. The molecule has 0 saturated carbocycles. The lowest BCUT2D eigenvalue weighted by molar-refractivity contribution is 0.297. The van der Waals surface area contributed by atoms with Gasteiger partial charge < -0.3 is 14.8 Å². The van der Waals surface area contributed by atoms with Crippen LogP contribution in [-0.4, -0.2) is 32.1 Å². The molecule has 0 radical (unpaired) electrons. The molecular weight excluding hydrogens is 246 g/mol. The van der Waals surface area contributed by atoms with E-state index < -0.39 is 0 Å². The molecule has 1 aromatic carbocycles. The molecule has 4 heteroatoms. The molecule has 0 amide bonds. The topological polar surface area (TPSA) is 30.5 Å². The van der Waals surface area contributed by atoms with Gasteiger partial charge in [-0.1, -0.05) is 6.07 Å². The summed E-state index contributed by atoms with van der Waals surface area (Å²) in [5.41, 5.74) is 1.29. The van der Waals surface area contributed by atoms with Crippen LogP contribution >= 0.6 is 12.6 Å². The summed E-state index contributed by atoms with van der Waals surface area (Å²) in [6.45, 7) is 3.52. The molecule has 100 valence electrons. The SMILES string of the molecule is SCCCNCCc1ccc2c(c1)OCCCO2. The summed E-state index contributed by atoms with van der Waals surface area (Å²) in [5, 5.41) is 3.41. The third-order valence-corrected chi connectivity index (χ3v) is 3.23. The number of thiol groups is 1. The Hall–Kier alpha value is -0.870. The Bertz CT molecular complexity index is 371. The van der Waals surface area contributed by atoms with E-state index in [0.29, 0.717) is 0 Å². The van der Waals surface area contributed by atoms with Crippen molar-refractivity contribution in [1.29, 1.82) is 0 Å². The number of hydrogen-bond acceptors (Lipinski definition) is 4. The van der Waals surface area contributed by atoms with Gasteiger partial charge in [-0.15, -0.1) is 0 Å². The first-order chi connectivity index (χ1) is 8.90. The normalized spacial score (nSPS) is 14.3.